The van der Waals surface area contributed by atoms with Gasteiger partial charge >= 0.3 is 0 Å². The molecule has 1 fully saturated rings. The molecule has 0 unspecified atom stereocenters. The molecule has 1 aromatic rings. The molecule has 1 saturated heterocycles. The highest BCUT2D eigenvalue weighted by Crippen LogP contribution is 2.06. The third kappa shape index (κ3) is 3.53. The summed E-state index contributed by atoms with van der Waals surface area (Å²) in [6.45, 7) is 3.18. The zero-order chi connectivity index (χ0) is 14.5. The van der Waals surface area contributed by atoms with Crippen LogP contribution in [-0.4, -0.2) is 88.5 Å². The molecule has 2 amide bonds. The Labute approximate surface area is 117 Å². The first kappa shape index (κ1) is 14.4. The quantitative estimate of drug-likeness (QED) is 0.771. The van der Waals surface area contributed by atoms with Crippen LogP contribution in [-0.2, 0) is 4.79 Å². The fourth-order valence-electron chi connectivity index (χ4n) is 2.12. The van der Waals surface area contributed by atoms with Crippen LogP contribution >= 0.6 is 0 Å². The zero-order valence-electron chi connectivity index (χ0n) is 11.9. The van der Waals surface area contributed by atoms with Crippen molar-refractivity contribution in [3.05, 3.63) is 12.2 Å². The lowest BCUT2D eigenvalue weighted by Crippen LogP contribution is -2.39. The van der Waals surface area contributed by atoms with Crippen molar-refractivity contribution in [2.24, 2.45) is 0 Å². The highest BCUT2D eigenvalue weighted by Gasteiger charge is 2.23. The number of aromatic nitrogens is 3. The average molecular weight is 280 g/mol. The van der Waals surface area contributed by atoms with E-state index in [2.05, 4.69) is 20.1 Å². The molecule has 0 bridgehead atoms. The Morgan fingerprint density at radius 2 is 2.10 bits per heavy atom. The predicted molar refractivity (Wildman–Crippen MR) is 72.0 cm³/mol. The maximum Gasteiger partial charge on any atom is 0.291 e. The first-order valence-electron chi connectivity index (χ1n) is 6.65. The van der Waals surface area contributed by atoms with Crippen LogP contribution in [0, 0.1) is 0 Å². The van der Waals surface area contributed by atoms with Crippen LogP contribution in [0.15, 0.2) is 6.33 Å². The van der Waals surface area contributed by atoms with Gasteiger partial charge in [0.1, 0.15) is 6.33 Å². The molecule has 1 aliphatic rings. The first-order chi connectivity index (χ1) is 9.58. The smallest absolute Gasteiger partial charge is 0.291 e. The monoisotopic (exact) mass is 280 g/mol. The second kappa shape index (κ2) is 6.47. The van der Waals surface area contributed by atoms with E-state index in [-0.39, 0.29) is 17.6 Å². The van der Waals surface area contributed by atoms with Gasteiger partial charge in [-0.2, -0.15) is 5.10 Å². The Morgan fingerprint density at radius 1 is 1.30 bits per heavy atom. The van der Waals surface area contributed by atoms with Crippen molar-refractivity contribution in [2.45, 2.75) is 6.42 Å². The van der Waals surface area contributed by atoms with Crippen molar-refractivity contribution < 1.29 is 9.59 Å². The van der Waals surface area contributed by atoms with Crippen LogP contribution in [0.5, 0.6) is 0 Å². The molecule has 8 nitrogen and oxygen atoms in total. The van der Waals surface area contributed by atoms with Crippen molar-refractivity contribution in [2.75, 3.05) is 46.8 Å². The van der Waals surface area contributed by atoms with Crippen molar-refractivity contribution in [1.82, 2.24) is 29.9 Å². The highest BCUT2D eigenvalue weighted by atomic mass is 16.2. The Bertz CT molecular complexity index is 459. The SMILES string of the molecule is CN(C)C(=O)CN1CCCN(C(=O)c2ncn[nH]2)CC1. The molecular weight excluding hydrogens is 260 g/mol. The van der Waals surface area contributed by atoms with Gasteiger partial charge in [0.25, 0.3) is 5.91 Å². The van der Waals surface area contributed by atoms with E-state index < -0.39 is 0 Å². The Hall–Kier alpha value is -1.96. The summed E-state index contributed by atoms with van der Waals surface area (Å²) >= 11 is 0. The van der Waals surface area contributed by atoms with Crippen LogP contribution in [0.3, 0.4) is 0 Å². The number of aromatic amines is 1. The molecule has 2 rings (SSSR count). The molecule has 1 N–H and O–H groups in total. The van der Waals surface area contributed by atoms with E-state index in [1.54, 1.807) is 23.9 Å². The average Bonchev–Trinajstić information content (AvgIpc) is 2.85. The third-order valence-corrected chi connectivity index (χ3v) is 3.35. The number of nitrogens with one attached hydrogen (secondary N) is 1. The van der Waals surface area contributed by atoms with Crippen molar-refractivity contribution in [1.29, 1.82) is 0 Å². The van der Waals surface area contributed by atoms with Gasteiger partial charge in [-0.15, -0.1) is 0 Å². The number of H-pyrrole nitrogens is 1. The minimum Gasteiger partial charge on any atom is -0.348 e. The molecule has 110 valence electrons. The second-order valence-corrected chi connectivity index (χ2v) is 5.04. The number of nitrogens with zero attached hydrogens (tertiary/aromatic N) is 5. The van der Waals surface area contributed by atoms with E-state index in [9.17, 15) is 9.59 Å². The molecule has 0 spiro atoms. The van der Waals surface area contributed by atoms with Gasteiger partial charge in [-0.05, 0) is 6.42 Å². The van der Waals surface area contributed by atoms with Gasteiger partial charge in [0, 0.05) is 40.3 Å². The summed E-state index contributed by atoms with van der Waals surface area (Å²) in [5.41, 5.74) is 0. The van der Waals surface area contributed by atoms with Crippen LogP contribution in [0.2, 0.25) is 0 Å². The summed E-state index contributed by atoms with van der Waals surface area (Å²) < 4.78 is 0. The molecule has 0 radical (unpaired) electrons. The van der Waals surface area contributed by atoms with Gasteiger partial charge < -0.3 is 9.80 Å². The zero-order valence-corrected chi connectivity index (χ0v) is 11.9. The fraction of sp³-hybridized carbons (Fsp3) is 0.667. The maximum absolute atomic E-state index is 12.1. The van der Waals surface area contributed by atoms with Crippen molar-refractivity contribution in [3.63, 3.8) is 0 Å². The lowest BCUT2D eigenvalue weighted by Gasteiger charge is -2.22. The van der Waals surface area contributed by atoms with Crippen LogP contribution < -0.4 is 0 Å². The number of hydrogen-bond acceptors (Lipinski definition) is 5. The van der Waals surface area contributed by atoms with Gasteiger partial charge in [0.05, 0.1) is 6.54 Å². The highest BCUT2D eigenvalue weighted by molar-refractivity contribution is 5.90. The molecule has 8 heteroatoms. The maximum atomic E-state index is 12.1. The van der Waals surface area contributed by atoms with Crippen LogP contribution in [0.1, 0.15) is 17.0 Å². The summed E-state index contributed by atoms with van der Waals surface area (Å²) in [5.74, 6) is 0.214. The second-order valence-electron chi connectivity index (χ2n) is 5.04. The number of hydrogen-bond donors (Lipinski definition) is 1. The lowest BCUT2D eigenvalue weighted by molar-refractivity contribution is -0.129. The van der Waals surface area contributed by atoms with Crippen molar-refractivity contribution >= 4 is 11.8 Å². The standard InChI is InChI=1S/C12H20N6O2/c1-16(2)10(19)8-17-4-3-5-18(7-6-17)12(20)11-13-9-14-15-11/h9H,3-8H2,1-2H3,(H,13,14,15). The van der Waals surface area contributed by atoms with E-state index in [0.717, 1.165) is 13.0 Å². The molecule has 0 saturated carbocycles. The predicted octanol–water partition coefficient (Wildman–Crippen LogP) is -0.959. The van der Waals surface area contributed by atoms with E-state index in [1.807, 2.05) is 0 Å². The summed E-state index contributed by atoms with van der Waals surface area (Å²) in [7, 11) is 3.50. The molecule has 2 heterocycles. The van der Waals surface area contributed by atoms with E-state index in [4.69, 9.17) is 0 Å². The number of likely N-dealkylation sites (N-methyl/N-ethyl adjacent to an activating group) is 1. The Kier molecular flexibility index (Phi) is 4.67. The number of amides is 2. The minimum atomic E-state index is -0.136. The summed E-state index contributed by atoms with van der Waals surface area (Å²) in [5, 5.41) is 6.28. The number of carbonyl (C=O) groups excluding carboxylic acids is 2. The van der Waals surface area contributed by atoms with Gasteiger partial charge in [-0.3, -0.25) is 19.6 Å². The minimum absolute atomic E-state index is 0.0833. The van der Waals surface area contributed by atoms with E-state index >= 15 is 0 Å². The number of rotatable bonds is 3. The van der Waals surface area contributed by atoms with Gasteiger partial charge in [0.15, 0.2) is 0 Å². The van der Waals surface area contributed by atoms with Gasteiger partial charge in [0.2, 0.25) is 11.7 Å². The number of carbonyl (C=O) groups is 2. The molecule has 20 heavy (non-hydrogen) atoms. The largest absolute Gasteiger partial charge is 0.348 e. The normalized spacial score (nSPS) is 16.8. The van der Waals surface area contributed by atoms with Crippen LogP contribution in [0.4, 0.5) is 0 Å². The molecule has 0 atom stereocenters. The summed E-state index contributed by atoms with van der Waals surface area (Å²) in [6, 6.07) is 0. The van der Waals surface area contributed by atoms with Crippen molar-refractivity contribution in [3.8, 4) is 0 Å². The van der Waals surface area contributed by atoms with Crippen LogP contribution in [0.25, 0.3) is 0 Å². The van der Waals surface area contributed by atoms with E-state index in [0.29, 0.717) is 26.2 Å². The third-order valence-electron chi connectivity index (χ3n) is 3.35. The molecule has 1 aliphatic heterocycles. The summed E-state index contributed by atoms with van der Waals surface area (Å²) in [6.07, 6.45) is 2.17. The topological polar surface area (TPSA) is 85.4 Å². The first-order valence-corrected chi connectivity index (χ1v) is 6.65. The molecular formula is C12H20N6O2. The Morgan fingerprint density at radius 3 is 2.75 bits per heavy atom. The lowest BCUT2D eigenvalue weighted by atomic mass is 10.3. The molecule has 0 aliphatic carbocycles. The molecule has 0 aromatic carbocycles. The summed E-state index contributed by atoms with van der Waals surface area (Å²) in [4.78, 5) is 33.2. The fourth-order valence-corrected chi connectivity index (χ4v) is 2.12. The Balaban J connectivity index is 1.89. The molecule has 1 aromatic heterocycles. The van der Waals surface area contributed by atoms with E-state index in [1.165, 1.54) is 6.33 Å². The van der Waals surface area contributed by atoms with Gasteiger partial charge in [-0.25, -0.2) is 4.98 Å². The van der Waals surface area contributed by atoms with Gasteiger partial charge in [-0.1, -0.05) is 0 Å².